The Bertz CT molecular complexity index is 175. The minimum Gasteiger partial charge on any atom is -0.317 e. The van der Waals surface area contributed by atoms with Gasteiger partial charge in [0, 0.05) is 6.54 Å². The first-order valence-electron chi connectivity index (χ1n) is 6.77. The minimum atomic E-state index is 0.937. The lowest BCUT2D eigenvalue weighted by molar-refractivity contribution is 0.167. The molecule has 2 fully saturated rings. The molecule has 0 aliphatic carbocycles. The van der Waals surface area contributed by atoms with Gasteiger partial charge in [-0.1, -0.05) is 6.92 Å². The summed E-state index contributed by atoms with van der Waals surface area (Å²) in [6.45, 7) is 8.97. The van der Waals surface area contributed by atoms with Gasteiger partial charge in [-0.05, 0) is 70.1 Å². The van der Waals surface area contributed by atoms with Crippen LogP contribution in [0.3, 0.4) is 0 Å². The van der Waals surface area contributed by atoms with Crippen LogP contribution in [0, 0.1) is 11.8 Å². The molecule has 2 saturated heterocycles. The fraction of sp³-hybridized carbons (Fsp3) is 1.00. The molecule has 0 unspecified atom stereocenters. The third-order valence-electron chi connectivity index (χ3n) is 4.05. The van der Waals surface area contributed by atoms with Crippen LogP contribution in [0.15, 0.2) is 0 Å². The molecule has 0 saturated carbocycles. The van der Waals surface area contributed by atoms with Gasteiger partial charge in [-0.3, -0.25) is 0 Å². The number of likely N-dealkylation sites (tertiary alicyclic amines) is 1. The average Bonchev–Trinajstić information content (AvgIpc) is 2.28. The largest absolute Gasteiger partial charge is 0.317 e. The van der Waals surface area contributed by atoms with Gasteiger partial charge in [-0.25, -0.2) is 0 Å². The summed E-state index contributed by atoms with van der Waals surface area (Å²) in [5.74, 6) is 1.94. The van der Waals surface area contributed by atoms with Crippen molar-refractivity contribution in [3.63, 3.8) is 0 Å². The minimum absolute atomic E-state index is 0.937. The highest BCUT2D eigenvalue weighted by molar-refractivity contribution is 4.73. The second-order valence-electron chi connectivity index (χ2n) is 5.53. The number of piperidine rings is 2. The number of hydrogen-bond acceptors (Lipinski definition) is 2. The van der Waals surface area contributed by atoms with E-state index in [4.69, 9.17) is 0 Å². The van der Waals surface area contributed by atoms with E-state index in [-0.39, 0.29) is 0 Å². The van der Waals surface area contributed by atoms with E-state index in [0.29, 0.717) is 0 Å². The van der Waals surface area contributed by atoms with Crippen LogP contribution in [0.4, 0.5) is 0 Å². The number of nitrogens with one attached hydrogen (secondary N) is 1. The fourth-order valence-electron chi connectivity index (χ4n) is 3.03. The van der Waals surface area contributed by atoms with Crippen LogP contribution < -0.4 is 5.32 Å². The molecular weight excluding hydrogens is 184 g/mol. The molecule has 0 aromatic carbocycles. The van der Waals surface area contributed by atoms with Crippen LogP contribution in [0.25, 0.3) is 0 Å². The lowest BCUT2D eigenvalue weighted by Gasteiger charge is -2.32. The maximum Gasteiger partial charge on any atom is 0.000703 e. The molecular formula is C13H26N2. The Morgan fingerprint density at radius 3 is 2.73 bits per heavy atom. The van der Waals surface area contributed by atoms with Gasteiger partial charge in [0.05, 0.1) is 0 Å². The summed E-state index contributed by atoms with van der Waals surface area (Å²) in [5.41, 5.74) is 0. The van der Waals surface area contributed by atoms with E-state index < -0.39 is 0 Å². The van der Waals surface area contributed by atoms with Crippen molar-refractivity contribution in [2.45, 2.75) is 39.0 Å². The third kappa shape index (κ3) is 3.76. The standard InChI is InChI=1S/C13H26N2/c1-12-3-2-9-15(11-12)10-6-13-4-7-14-8-5-13/h12-14H,2-11H2,1H3/t12-/m1/s1. The second kappa shape index (κ2) is 5.86. The van der Waals surface area contributed by atoms with Crippen molar-refractivity contribution in [2.75, 3.05) is 32.7 Å². The molecule has 2 rings (SSSR count). The Labute approximate surface area is 94.4 Å². The maximum atomic E-state index is 3.45. The van der Waals surface area contributed by atoms with E-state index in [1.54, 1.807) is 0 Å². The number of nitrogens with zero attached hydrogens (tertiary/aromatic N) is 1. The normalized spacial score (nSPS) is 30.6. The lowest BCUT2D eigenvalue weighted by Crippen LogP contribution is -2.36. The maximum absolute atomic E-state index is 3.45. The summed E-state index contributed by atoms with van der Waals surface area (Å²) in [5, 5.41) is 3.45. The molecule has 2 nitrogen and oxygen atoms in total. The van der Waals surface area contributed by atoms with E-state index >= 15 is 0 Å². The van der Waals surface area contributed by atoms with Crippen molar-refractivity contribution in [1.29, 1.82) is 0 Å². The molecule has 0 aromatic heterocycles. The topological polar surface area (TPSA) is 15.3 Å². The average molecular weight is 210 g/mol. The first-order chi connectivity index (χ1) is 7.34. The smallest absolute Gasteiger partial charge is 0.000703 e. The summed E-state index contributed by atoms with van der Waals surface area (Å²) in [4.78, 5) is 2.69. The van der Waals surface area contributed by atoms with Gasteiger partial charge in [0.15, 0.2) is 0 Å². The van der Waals surface area contributed by atoms with Gasteiger partial charge in [0.25, 0.3) is 0 Å². The quantitative estimate of drug-likeness (QED) is 0.767. The van der Waals surface area contributed by atoms with Crippen molar-refractivity contribution in [1.82, 2.24) is 10.2 Å². The first-order valence-corrected chi connectivity index (χ1v) is 6.77. The monoisotopic (exact) mass is 210 g/mol. The number of rotatable bonds is 3. The molecule has 0 spiro atoms. The van der Waals surface area contributed by atoms with Crippen molar-refractivity contribution in [2.24, 2.45) is 11.8 Å². The zero-order valence-corrected chi connectivity index (χ0v) is 10.2. The van der Waals surface area contributed by atoms with Gasteiger partial charge in [-0.2, -0.15) is 0 Å². The lowest BCUT2D eigenvalue weighted by atomic mass is 9.93. The van der Waals surface area contributed by atoms with Gasteiger partial charge in [-0.15, -0.1) is 0 Å². The van der Waals surface area contributed by atoms with Crippen LogP contribution in [0.5, 0.6) is 0 Å². The number of hydrogen-bond donors (Lipinski definition) is 1. The van der Waals surface area contributed by atoms with Crippen LogP contribution in [-0.4, -0.2) is 37.6 Å². The molecule has 2 heterocycles. The Hall–Kier alpha value is -0.0800. The molecule has 2 aliphatic rings. The Balaban J connectivity index is 1.63. The molecule has 1 atom stereocenters. The van der Waals surface area contributed by atoms with Gasteiger partial charge in [0.2, 0.25) is 0 Å². The predicted molar refractivity (Wildman–Crippen MR) is 65.0 cm³/mol. The zero-order valence-electron chi connectivity index (χ0n) is 10.2. The van der Waals surface area contributed by atoms with Gasteiger partial charge < -0.3 is 10.2 Å². The van der Waals surface area contributed by atoms with Crippen LogP contribution in [-0.2, 0) is 0 Å². The van der Waals surface area contributed by atoms with E-state index in [9.17, 15) is 0 Å². The van der Waals surface area contributed by atoms with Crippen LogP contribution in [0.2, 0.25) is 0 Å². The molecule has 0 amide bonds. The second-order valence-corrected chi connectivity index (χ2v) is 5.53. The van der Waals surface area contributed by atoms with Crippen LogP contribution in [0.1, 0.15) is 39.0 Å². The Morgan fingerprint density at radius 2 is 2.00 bits per heavy atom. The van der Waals surface area contributed by atoms with Crippen molar-refractivity contribution < 1.29 is 0 Å². The highest BCUT2D eigenvalue weighted by Gasteiger charge is 2.18. The highest BCUT2D eigenvalue weighted by atomic mass is 15.1. The first kappa shape index (κ1) is 11.4. The molecule has 0 aromatic rings. The molecule has 0 bridgehead atoms. The Morgan fingerprint density at radius 1 is 1.20 bits per heavy atom. The van der Waals surface area contributed by atoms with Crippen molar-refractivity contribution >= 4 is 0 Å². The van der Waals surface area contributed by atoms with Crippen molar-refractivity contribution in [3.8, 4) is 0 Å². The summed E-state index contributed by atoms with van der Waals surface area (Å²) < 4.78 is 0. The van der Waals surface area contributed by atoms with Crippen LogP contribution >= 0.6 is 0 Å². The van der Waals surface area contributed by atoms with E-state index in [2.05, 4.69) is 17.1 Å². The Kier molecular flexibility index (Phi) is 4.45. The summed E-state index contributed by atoms with van der Waals surface area (Å²) in [6.07, 6.45) is 7.12. The highest BCUT2D eigenvalue weighted by Crippen LogP contribution is 2.19. The fourth-order valence-corrected chi connectivity index (χ4v) is 3.03. The van der Waals surface area contributed by atoms with E-state index in [1.807, 2.05) is 0 Å². The molecule has 2 aliphatic heterocycles. The molecule has 2 heteroatoms. The molecule has 0 radical (unpaired) electrons. The molecule has 88 valence electrons. The van der Waals surface area contributed by atoms with Gasteiger partial charge in [0.1, 0.15) is 0 Å². The van der Waals surface area contributed by atoms with Gasteiger partial charge >= 0.3 is 0 Å². The van der Waals surface area contributed by atoms with E-state index in [0.717, 1.165) is 11.8 Å². The summed E-state index contributed by atoms with van der Waals surface area (Å²) >= 11 is 0. The summed E-state index contributed by atoms with van der Waals surface area (Å²) in [6, 6.07) is 0. The molecule has 15 heavy (non-hydrogen) atoms. The van der Waals surface area contributed by atoms with Crippen molar-refractivity contribution in [3.05, 3.63) is 0 Å². The summed E-state index contributed by atoms with van der Waals surface area (Å²) in [7, 11) is 0. The predicted octanol–water partition coefficient (Wildman–Crippen LogP) is 2.11. The third-order valence-corrected chi connectivity index (χ3v) is 4.05. The SMILES string of the molecule is C[C@@H]1CCCN(CCC2CCNCC2)C1. The molecule has 1 N–H and O–H groups in total. The van der Waals surface area contributed by atoms with E-state index in [1.165, 1.54) is 64.8 Å². The zero-order chi connectivity index (χ0) is 10.5.